The molecule has 0 spiro atoms. The monoisotopic (exact) mass is 228 g/mol. The molecule has 0 N–H and O–H groups in total. The lowest BCUT2D eigenvalue weighted by Crippen LogP contribution is -2.21. The molecule has 90 valence electrons. The third-order valence-electron chi connectivity index (χ3n) is 4.07. The van der Waals surface area contributed by atoms with Gasteiger partial charge in [-0.25, -0.2) is 0 Å². The second-order valence-corrected chi connectivity index (χ2v) is 5.22. The van der Waals surface area contributed by atoms with E-state index in [1.54, 1.807) is 0 Å². The van der Waals surface area contributed by atoms with Crippen LogP contribution in [0.2, 0.25) is 0 Å². The zero-order chi connectivity index (χ0) is 11.6. The molecule has 17 heavy (non-hydrogen) atoms. The molecule has 2 unspecified atom stereocenters. The van der Waals surface area contributed by atoms with Gasteiger partial charge in [-0.05, 0) is 24.8 Å². The van der Waals surface area contributed by atoms with E-state index < -0.39 is 0 Å². The van der Waals surface area contributed by atoms with Crippen LogP contribution in [0.4, 0.5) is 0 Å². The van der Waals surface area contributed by atoms with Crippen LogP contribution in [0.5, 0.6) is 0 Å². The zero-order valence-corrected chi connectivity index (χ0v) is 10.3. The summed E-state index contributed by atoms with van der Waals surface area (Å²) in [5.41, 5.74) is 1.37. The molecule has 1 heteroatoms. The molecule has 0 aromatic heterocycles. The van der Waals surface area contributed by atoms with E-state index in [0.717, 1.165) is 6.61 Å². The molecular formula is C16H20O. The molecule has 1 aromatic rings. The highest BCUT2D eigenvalue weighted by molar-refractivity contribution is 5.29. The maximum Gasteiger partial charge on any atom is 0.123 e. The Hall–Kier alpha value is -1.08. The first kappa shape index (κ1) is 11.0. The lowest BCUT2D eigenvalue weighted by Gasteiger charge is -2.23. The SMILES string of the molecule is C1=C\C(C2(c3ccccc3)CO2)CCCCC/1. The standard InChI is InChI=1S/C16H20O/c1-2-5-9-14(10-6-3-1)16(13-17-16)15-11-7-4-8-12-15/h4-5,7-9,11-12,14H,1-3,6,10,13H2/b9-5-. The Kier molecular flexibility index (Phi) is 3.02. The van der Waals surface area contributed by atoms with Gasteiger partial charge >= 0.3 is 0 Å². The lowest BCUT2D eigenvalue weighted by molar-refractivity contribution is 0.235. The van der Waals surface area contributed by atoms with Crippen molar-refractivity contribution in [1.82, 2.24) is 0 Å². The van der Waals surface area contributed by atoms with Crippen LogP contribution in [0.3, 0.4) is 0 Å². The van der Waals surface area contributed by atoms with Gasteiger partial charge in [-0.1, -0.05) is 55.3 Å². The fourth-order valence-electron chi connectivity index (χ4n) is 2.94. The molecule has 0 saturated carbocycles. The summed E-state index contributed by atoms with van der Waals surface area (Å²) >= 11 is 0. The summed E-state index contributed by atoms with van der Waals surface area (Å²) < 4.78 is 5.87. The highest BCUT2D eigenvalue weighted by atomic mass is 16.6. The summed E-state index contributed by atoms with van der Waals surface area (Å²) in [6, 6.07) is 10.7. The molecule has 1 saturated heterocycles. The fourth-order valence-corrected chi connectivity index (χ4v) is 2.94. The zero-order valence-electron chi connectivity index (χ0n) is 10.3. The Balaban J connectivity index is 1.84. The van der Waals surface area contributed by atoms with Crippen molar-refractivity contribution in [2.75, 3.05) is 6.61 Å². The van der Waals surface area contributed by atoms with Crippen LogP contribution in [-0.2, 0) is 10.3 Å². The minimum Gasteiger partial charge on any atom is -0.364 e. The van der Waals surface area contributed by atoms with Crippen LogP contribution in [0.15, 0.2) is 42.5 Å². The molecule has 1 fully saturated rings. The molecule has 1 aliphatic heterocycles. The highest BCUT2D eigenvalue weighted by Crippen LogP contribution is 2.48. The van der Waals surface area contributed by atoms with Crippen LogP contribution in [0, 0.1) is 5.92 Å². The lowest BCUT2D eigenvalue weighted by atomic mass is 9.81. The van der Waals surface area contributed by atoms with Crippen molar-refractivity contribution >= 4 is 0 Å². The van der Waals surface area contributed by atoms with E-state index in [9.17, 15) is 0 Å². The first-order valence-electron chi connectivity index (χ1n) is 6.78. The number of benzene rings is 1. The van der Waals surface area contributed by atoms with Gasteiger partial charge < -0.3 is 4.74 Å². The van der Waals surface area contributed by atoms with Crippen molar-refractivity contribution < 1.29 is 4.74 Å². The fraction of sp³-hybridized carbons (Fsp3) is 0.500. The smallest absolute Gasteiger partial charge is 0.123 e. The summed E-state index contributed by atoms with van der Waals surface area (Å²) in [4.78, 5) is 0. The minimum absolute atomic E-state index is 0.00903. The van der Waals surface area contributed by atoms with Crippen molar-refractivity contribution in [3.8, 4) is 0 Å². The predicted octanol–water partition coefficient (Wildman–Crippen LogP) is 4.05. The Morgan fingerprint density at radius 2 is 1.88 bits per heavy atom. The Bertz CT molecular complexity index is 389. The quantitative estimate of drug-likeness (QED) is 0.549. The number of allylic oxidation sites excluding steroid dienone is 1. The van der Waals surface area contributed by atoms with Crippen molar-refractivity contribution in [2.45, 2.75) is 37.7 Å². The van der Waals surface area contributed by atoms with E-state index in [1.807, 2.05) is 0 Å². The number of rotatable bonds is 2. The third-order valence-corrected chi connectivity index (χ3v) is 4.07. The second kappa shape index (κ2) is 4.66. The molecule has 0 radical (unpaired) electrons. The number of ether oxygens (including phenoxy) is 1. The van der Waals surface area contributed by atoms with Crippen molar-refractivity contribution in [3.63, 3.8) is 0 Å². The first-order chi connectivity index (χ1) is 8.42. The molecule has 0 bridgehead atoms. The van der Waals surface area contributed by atoms with Gasteiger partial charge in [-0.3, -0.25) is 0 Å². The summed E-state index contributed by atoms with van der Waals surface area (Å²) in [6.45, 7) is 0.895. The van der Waals surface area contributed by atoms with Gasteiger partial charge in [-0.2, -0.15) is 0 Å². The van der Waals surface area contributed by atoms with Crippen LogP contribution < -0.4 is 0 Å². The number of epoxide rings is 1. The van der Waals surface area contributed by atoms with Crippen LogP contribution in [0.1, 0.15) is 37.7 Å². The molecule has 1 aromatic carbocycles. The third kappa shape index (κ3) is 2.16. The molecular weight excluding hydrogens is 208 g/mol. The molecule has 2 atom stereocenters. The van der Waals surface area contributed by atoms with Gasteiger partial charge in [0.1, 0.15) is 5.60 Å². The average molecular weight is 228 g/mol. The maximum absolute atomic E-state index is 5.87. The van der Waals surface area contributed by atoms with Crippen molar-refractivity contribution in [1.29, 1.82) is 0 Å². The normalized spacial score (nSPS) is 34.7. The van der Waals surface area contributed by atoms with Crippen molar-refractivity contribution in [2.24, 2.45) is 5.92 Å². The van der Waals surface area contributed by atoms with Crippen LogP contribution in [0.25, 0.3) is 0 Å². The Morgan fingerprint density at radius 3 is 2.65 bits per heavy atom. The molecule has 2 aliphatic rings. The van der Waals surface area contributed by atoms with E-state index in [1.165, 1.54) is 37.7 Å². The topological polar surface area (TPSA) is 12.5 Å². The van der Waals surface area contributed by atoms with E-state index in [0.29, 0.717) is 5.92 Å². The molecule has 0 amide bonds. The first-order valence-corrected chi connectivity index (χ1v) is 6.78. The van der Waals surface area contributed by atoms with E-state index in [2.05, 4.69) is 42.5 Å². The van der Waals surface area contributed by atoms with E-state index in [-0.39, 0.29) is 5.60 Å². The summed E-state index contributed by atoms with van der Waals surface area (Å²) in [6.07, 6.45) is 11.3. The van der Waals surface area contributed by atoms with Gasteiger partial charge in [-0.15, -0.1) is 0 Å². The summed E-state index contributed by atoms with van der Waals surface area (Å²) in [7, 11) is 0. The Labute approximate surface area is 103 Å². The van der Waals surface area contributed by atoms with Gasteiger partial charge in [0.05, 0.1) is 6.61 Å². The van der Waals surface area contributed by atoms with E-state index in [4.69, 9.17) is 4.74 Å². The molecule has 3 rings (SSSR count). The molecule has 1 heterocycles. The largest absolute Gasteiger partial charge is 0.364 e. The van der Waals surface area contributed by atoms with Crippen molar-refractivity contribution in [3.05, 3.63) is 48.0 Å². The number of hydrogen-bond acceptors (Lipinski definition) is 1. The van der Waals surface area contributed by atoms with Gasteiger partial charge in [0, 0.05) is 5.92 Å². The second-order valence-electron chi connectivity index (χ2n) is 5.22. The number of hydrogen-bond donors (Lipinski definition) is 0. The predicted molar refractivity (Wildman–Crippen MR) is 69.8 cm³/mol. The van der Waals surface area contributed by atoms with Gasteiger partial charge in [0.15, 0.2) is 0 Å². The van der Waals surface area contributed by atoms with E-state index >= 15 is 0 Å². The highest BCUT2D eigenvalue weighted by Gasteiger charge is 2.51. The van der Waals surface area contributed by atoms with Gasteiger partial charge in [0.25, 0.3) is 0 Å². The van der Waals surface area contributed by atoms with Crippen LogP contribution >= 0.6 is 0 Å². The summed E-state index contributed by atoms with van der Waals surface area (Å²) in [5, 5.41) is 0. The maximum atomic E-state index is 5.87. The Morgan fingerprint density at radius 1 is 1.06 bits per heavy atom. The molecule has 1 nitrogen and oxygen atoms in total. The van der Waals surface area contributed by atoms with Crippen LogP contribution in [-0.4, -0.2) is 6.61 Å². The average Bonchev–Trinajstić information content (AvgIpc) is 3.11. The molecule has 1 aliphatic carbocycles. The summed E-state index contributed by atoms with van der Waals surface area (Å²) in [5.74, 6) is 0.574. The van der Waals surface area contributed by atoms with Gasteiger partial charge in [0.2, 0.25) is 0 Å². The minimum atomic E-state index is 0.00903.